The van der Waals surface area contributed by atoms with Gasteiger partial charge in [-0.15, -0.1) is 16.8 Å². The number of nitrogens with zero attached hydrogens (tertiary/aromatic N) is 4. The van der Waals surface area contributed by atoms with Gasteiger partial charge in [-0.3, -0.25) is 9.36 Å². The van der Waals surface area contributed by atoms with Gasteiger partial charge < -0.3 is 9.64 Å². The molecule has 2 heterocycles. The van der Waals surface area contributed by atoms with Gasteiger partial charge in [0.2, 0.25) is 5.91 Å². The van der Waals surface area contributed by atoms with Gasteiger partial charge in [0, 0.05) is 24.7 Å². The first-order valence-electron chi connectivity index (χ1n) is 9.38. The van der Waals surface area contributed by atoms with Crippen molar-refractivity contribution in [2.24, 2.45) is 5.92 Å². The summed E-state index contributed by atoms with van der Waals surface area (Å²) in [5.74, 6) is 2.49. The monoisotopic (exact) mass is 420 g/mol. The lowest BCUT2D eigenvalue weighted by atomic mass is 10.0. The molecule has 1 atom stereocenters. The fourth-order valence-corrected chi connectivity index (χ4v) is 4.15. The van der Waals surface area contributed by atoms with Gasteiger partial charge in [-0.05, 0) is 43.0 Å². The number of carbonyl (C=O) groups excluding carboxylic acids is 1. The molecule has 1 unspecified atom stereocenters. The lowest BCUT2D eigenvalue weighted by Gasteiger charge is -2.30. The SMILES string of the molecule is C=CCn1c(COc2ccc(Cl)cc2)nnc1SCC(=O)N1CCCC(C)C1. The summed E-state index contributed by atoms with van der Waals surface area (Å²) in [6, 6.07) is 7.17. The lowest BCUT2D eigenvalue weighted by Crippen LogP contribution is -2.40. The van der Waals surface area contributed by atoms with Crippen molar-refractivity contribution in [2.75, 3.05) is 18.8 Å². The number of thioether (sulfide) groups is 1. The third-order valence-electron chi connectivity index (χ3n) is 4.62. The number of halogens is 1. The quantitative estimate of drug-likeness (QED) is 0.476. The largest absolute Gasteiger partial charge is 0.486 e. The zero-order valence-corrected chi connectivity index (χ0v) is 17.6. The summed E-state index contributed by atoms with van der Waals surface area (Å²) in [7, 11) is 0. The van der Waals surface area contributed by atoms with Crippen molar-refractivity contribution >= 4 is 29.3 Å². The highest BCUT2D eigenvalue weighted by Crippen LogP contribution is 2.22. The van der Waals surface area contributed by atoms with E-state index < -0.39 is 0 Å². The Kier molecular flexibility index (Phi) is 7.39. The third-order valence-corrected chi connectivity index (χ3v) is 5.82. The van der Waals surface area contributed by atoms with Gasteiger partial charge in [0.25, 0.3) is 0 Å². The molecule has 1 fully saturated rings. The van der Waals surface area contributed by atoms with Crippen molar-refractivity contribution in [3.63, 3.8) is 0 Å². The number of ether oxygens (including phenoxy) is 1. The second-order valence-corrected chi connectivity index (χ2v) is 8.30. The maximum Gasteiger partial charge on any atom is 0.233 e. The van der Waals surface area contributed by atoms with Crippen LogP contribution in [0, 0.1) is 5.92 Å². The average molecular weight is 421 g/mol. The standard InChI is InChI=1S/C20H25ClN4O2S/c1-3-10-25-18(13-27-17-8-6-16(21)7-9-17)22-23-20(25)28-14-19(26)24-11-4-5-15(2)12-24/h3,6-9,15H,1,4-5,10-14H2,2H3. The minimum atomic E-state index is 0.156. The van der Waals surface area contributed by atoms with Crippen LogP contribution in [0.5, 0.6) is 5.75 Å². The van der Waals surface area contributed by atoms with Crippen molar-refractivity contribution in [3.8, 4) is 5.75 Å². The Morgan fingerprint density at radius 2 is 2.18 bits per heavy atom. The maximum absolute atomic E-state index is 12.5. The van der Waals surface area contributed by atoms with E-state index in [1.807, 2.05) is 21.6 Å². The first kappa shape index (κ1) is 20.7. The molecule has 1 aliphatic heterocycles. The third kappa shape index (κ3) is 5.52. The van der Waals surface area contributed by atoms with Gasteiger partial charge in [-0.25, -0.2) is 0 Å². The average Bonchev–Trinajstić information content (AvgIpc) is 3.07. The molecule has 2 aromatic rings. The van der Waals surface area contributed by atoms with Gasteiger partial charge in [0.05, 0.1) is 5.75 Å². The van der Waals surface area contributed by atoms with E-state index in [0.717, 1.165) is 19.5 Å². The molecule has 0 spiro atoms. The molecule has 3 rings (SSSR count). The molecule has 0 bridgehead atoms. The normalized spacial score (nSPS) is 16.8. The Hall–Kier alpha value is -1.99. The molecule has 1 aromatic carbocycles. The van der Waals surface area contributed by atoms with Crippen molar-refractivity contribution < 1.29 is 9.53 Å². The maximum atomic E-state index is 12.5. The van der Waals surface area contributed by atoms with Crippen LogP contribution < -0.4 is 4.74 Å². The van der Waals surface area contributed by atoms with E-state index in [4.69, 9.17) is 16.3 Å². The minimum absolute atomic E-state index is 0.156. The van der Waals surface area contributed by atoms with Crippen molar-refractivity contribution in [2.45, 2.75) is 38.1 Å². The highest BCUT2D eigenvalue weighted by Gasteiger charge is 2.22. The Bertz CT molecular complexity index is 809. The van der Waals surface area contributed by atoms with E-state index in [-0.39, 0.29) is 12.5 Å². The molecular formula is C20H25ClN4O2S. The second kappa shape index (κ2) is 9.98. The lowest BCUT2D eigenvalue weighted by molar-refractivity contribution is -0.130. The number of aromatic nitrogens is 3. The molecule has 28 heavy (non-hydrogen) atoms. The van der Waals surface area contributed by atoms with E-state index in [9.17, 15) is 4.79 Å². The molecule has 150 valence electrons. The first-order valence-corrected chi connectivity index (χ1v) is 10.7. The van der Waals surface area contributed by atoms with E-state index in [0.29, 0.717) is 40.0 Å². The molecule has 1 aliphatic rings. The van der Waals surface area contributed by atoms with Crippen LogP contribution in [-0.4, -0.2) is 44.4 Å². The van der Waals surface area contributed by atoms with Gasteiger partial charge in [-0.2, -0.15) is 0 Å². The van der Waals surface area contributed by atoms with Crippen molar-refractivity contribution in [1.82, 2.24) is 19.7 Å². The van der Waals surface area contributed by atoms with Crippen LogP contribution in [0.1, 0.15) is 25.6 Å². The molecule has 0 saturated carbocycles. The number of rotatable bonds is 8. The smallest absolute Gasteiger partial charge is 0.233 e. The first-order chi connectivity index (χ1) is 13.6. The molecule has 8 heteroatoms. The number of hydrogen-bond acceptors (Lipinski definition) is 5. The second-order valence-electron chi connectivity index (χ2n) is 6.92. The number of allylic oxidation sites excluding steroid dienone is 1. The fourth-order valence-electron chi connectivity index (χ4n) is 3.16. The number of hydrogen-bond donors (Lipinski definition) is 0. The number of carbonyl (C=O) groups is 1. The highest BCUT2D eigenvalue weighted by molar-refractivity contribution is 7.99. The summed E-state index contributed by atoms with van der Waals surface area (Å²) < 4.78 is 7.71. The Balaban J connectivity index is 1.60. The molecule has 0 radical (unpaired) electrons. The van der Waals surface area contributed by atoms with Crippen LogP contribution in [0.15, 0.2) is 42.1 Å². The summed E-state index contributed by atoms with van der Waals surface area (Å²) in [4.78, 5) is 14.5. The van der Waals surface area contributed by atoms with Crippen LogP contribution >= 0.6 is 23.4 Å². The van der Waals surface area contributed by atoms with Crippen LogP contribution in [-0.2, 0) is 17.9 Å². The molecule has 1 saturated heterocycles. The number of likely N-dealkylation sites (tertiary alicyclic amines) is 1. The van der Waals surface area contributed by atoms with Crippen molar-refractivity contribution in [1.29, 1.82) is 0 Å². The van der Waals surface area contributed by atoms with Crippen LogP contribution in [0.25, 0.3) is 0 Å². The van der Waals surface area contributed by atoms with Gasteiger partial charge in [0.1, 0.15) is 12.4 Å². The molecule has 0 N–H and O–H groups in total. The zero-order valence-electron chi connectivity index (χ0n) is 16.0. The Morgan fingerprint density at radius 3 is 2.89 bits per heavy atom. The molecule has 1 aromatic heterocycles. The van der Waals surface area contributed by atoms with Crippen LogP contribution in [0.4, 0.5) is 0 Å². The van der Waals surface area contributed by atoms with E-state index in [2.05, 4.69) is 23.7 Å². The fraction of sp³-hybridized carbons (Fsp3) is 0.450. The molecule has 0 aliphatic carbocycles. The summed E-state index contributed by atoms with van der Waals surface area (Å²) in [6.07, 6.45) is 4.06. The van der Waals surface area contributed by atoms with Crippen LogP contribution in [0.3, 0.4) is 0 Å². The predicted octanol–water partition coefficient (Wildman–Crippen LogP) is 4.05. The van der Waals surface area contributed by atoms with E-state index in [1.54, 1.807) is 18.2 Å². The molecule has 1 amide bonds. The summed E-state index contributed by atoms with van der Waals surface area (Å²) in [5, 5.41) is 9.85. The topological polar surface area (TPSA) is 60.2 Å². The minimum Gasteiger partial charge on any atom is -0.486 e. The summed E-state index contributed by atoms with van der Waals surface area (Å²) in [6.45, 7) is 8.54. The Morgan fingerprint density at radius 1 is 1.39 bits per heavy atom. The Labute approximate surface area is 174 Å². The highest BCUT2D eigenvalue weighted by atomic mass is 35.5. The molecule has 6 nitrogen and oxygen atoms in total. The van der Waals surface area contributed by atoms with Gasteiger partial charge >= 0.3 is 0 Å². The van der Waals surface area contributed by atoms with Gasteiger partial charge in [-0.1, -0.05) is 36.4 Å². The number of amides is 1. The van der Waals surface area contributed by atoms with Crippen LogP contribution in [0.2, 0.25) is 5.02 Å². The zero-order chi connectivity index (χ0) is 19.9. The molecular weight excluding hydrogens is 396 g/mol. The van der Waals surface area contributed by atoms with Gasteiger partial charge in [0.15, 0.2) is 11.0 Å². The van der Waals surface area contributed by atoms with E-state index in [1.165, 1.54) is 18.2 Å². The number of benzene rings is 1. The van der Waals surface area contributed by atoms with E-state index >= 15 is 0 Å². The summed E-state index contributed by atoms with van der Waals surface area (Å²) >= 11 is 7.31. The predicted molar refractivity (Wildman–Crippen MR) is 112 cm³/mol. The van der Waals surface area contributed by atoms with Crippen molar-refractivity contribution in [3.05, 3.63) is 47.8 Å². The number of piperidine rings is 1. The summed E-state index contributed by atoms with van der Waals surface area (Å²) in [5.41, 5.74) is 0.